The molecule has 0 N–H and O–H groups in total. The summed E-state index contributed by atoms with van der Waals surface area (Å²) in [7, 11) is 0. The van der Waals surface area contributed by atoms with Crippen LogP contribution < -0.4 is 9.13 Å². The molecule has 0 amide bonds. The van der Waals surface area contributed by atoms with E-state index in [4.69, 9.17) is 19.5 Å². The summed E-state index contributed by atoms with van der Waals surface area (Å²) in [5.74, 6) is 0. The largest absolute Gasteiger partial charge is 0.456 e. The number of rotatable bonds is 6. The summed E-state index contributed by atoms with van der Waals surface area (Å²) >= 11 is 0. The third kappa shape index (κ3) is 3.46. The summed E-state index contributed by atoms with van der Waals surface area (Å²) in [5.41, 5.74) is 10.6. The molecule has 0 fully saturated rings. The highest BCUT2D eigenvalue weighted by atomic mass is 16.3. The second-order valence-corrected chi connectivity index (χ2v) is 13.2. The zero-order valence-electron chi connectivity index (χ0n) is 26.9. The molecule has 7 heteroatoms. The molecule has 2 aromatic carbocycles. The van der Waals surface area contributed by atoms with Crippen LogP contribution in [0.25, 0.3) is 55.7 Å². The standard InChI is InChI=1S/C39H38N6O/c1-5-25-22-34-33-13-10-11-21-43(33)39(7-3,38(4,6-2)45(34)42-25)18-17-32-28-24-36-29(26-12-8-9-14-35(26)46-36)23-27(28)31-16-15-30-37(44(31)32)41-20-19-40-30/h8-16,19-24,32H,5-7,17-18H2,1-4H3/q+2. The lowest BCUT2D eigenvalue weighted by atomic mass is 9.68. The molecule has 46 heavy (non-hydrogen) atoms. The quantitative estimate of drug-likeness (QED) is 0.181. The predicted molar refractivity (Wildman–Crippen MR) is 179 cm³/mol. The second-order valence-electron chi connectivity index (χ2n) is 13.2. The first-order valence-electron chi connectivity index (χ1n) is 16.7. The van der Waals surface area contributed by atoms with Crippen LogP contribution in [0.1, 0.15) is 70.7 Å². The van der Waals surface area contributed by atoms with E-state index in [0.717, 1.165) is 70.9 Å². The average molecular weight is 607 g/mol. The van der Waals surface area contributed by atoms with E-state index in [9.17, 15) is 0 Å². The molecule has 0 aliphatic carbocycles. The first kappa shape index (κ1) is 27.4. The monoisotopic (exact) mass is 606 g/mol. The van der Waals surface area contributed by atoms with E-state index >= 15 is 0 Å². The number of furan rings is 1. The predicted octanol–water partition coefficient (Wildman–Crippen LogP) is 7.82. The van der Waals surface area contributed by atoms with Crippen LogP contribution in [0.3, 0.4) is 0 Å². The van der Waals surface area contributed by atoms with Gasteiger partial charge in [-0.2, -0.15) is 9.67 Å². The van der Waals surface area contributed by atoms with Crippen LogP contribution in [0.4, 0.5) is 0 Å². The third-order valence-corrected chi connectivity index (χ3v) is 11.4. The zero-order valence-corrected chi connectivity index (χ0v) is 26.9. The van der Waals surface area contributed by atoms with Crippen LogP contribution >= 0.6 is 0 Å². The van der Waals surface area contributed by atoms with Gasteiger partial charge in [0.05, 0.1) is 11.9 Å². The molecule has 7 heterocycles. The lowest BCUT2D eigenvalue weighted by molar-refractivity contribution is -0.776. The van der Waals surface area contributed by atoms with Crippen LogP contribution in [0.15, 0.2) is 95.8 Å². The van der Waals surface area contributed by atoms with E-state index < -0.39 is 0 Å². The van der Waals surface area contributed by atoms with E-state index in [0.29, 0.717) is 0 Å². The van der Waals surface area contributed by atoms with Crippen LogP contribution in [0, 0.1) is 0 Å². The minimum Gasteiger partial charge on any atom is -0.456 e. The van der Waals surface area contributed by atoms with Crippen molar-refractivity contribution in [2.24, 2.45) is 0 Å². The molecule has 3 atom stereocenters. The highest BCUT2D eigenvalue weighted by Crippen LogP contribution is 2.49. The van der Waals surface area contributed by atoms with Gasteiger partial charge in [-0.05, 0) is 73.6 Å². The van der Waals surface area contributed by atoms with Crippen LogP contribution in [0.2, 0.25) is 0 Å². The molecule has 2 aliphatic rings. The SMILES string of the molecule is CCc1cc2n(n1)C(C)(CC)C(CC)(CCC1c3cc4oc5ccccc5c4cc3-c3ccc4nccnc4[n+]31)[n+]1ccccc1-2. The number of aryl methyl sites for hydroxylation is 1. The van der Waals surface area contributed by atoms with Gasteiger partial charge in [0.25, 0.3) is 0 Å². The van der Waals surface area contributed by atoms with Crippen LogP contribution in [0.5, 0.6) is 0 Å². The van der Waals surface area contributed by atoms with Gasteiger partial charge in [0.2, 0.25) is 5.69 Å². The number of aromatic nitrogens is 6. The Hall–Kier alpha value is -4.91. The van der Waals surface area contributed by atoms with Gasteiger partial charge in [-0.15, -0.1) is 0 Å². The molecule has 2 aliphatic heterocycles. The lowest BCUT2D eigenvalue weighted by Gasteiger charge is -2.47. The van der Waals surface area contributed by atoms with Crippen molar-refractivity contribution in [2.75, 3.05) is 0 Å². The van der Waals surface area contributed by atoms with Crippen molar-refractivity contribution in [1.29, 1.82) is 0 Å². The van der Waals surface area contributed by atoms with E-state index in [1.807, 2.05) is 12.3 Å². The first-order valence-corrected chi connectivity index (χ1v) is 16.7. The molecule has 9 rings (SSSR count). The fourth-order valence-electron chi connectivity index (χ4n) is 8.86. The van der Waals surface area contributed by atoms with Crippen LogP contribution in [-0.4, -0.2) is 19.7 Å². The van der Waals surface area contributed by atoms with Crippen molar-refractivity contribution in [2.45, 2.75) is 76.9 Å². The van der Waals surface area contributed by atoms with Gasteiger partial charge < -0.3 is 4.42 Å². The zero-order chi connectivity index (χ0) is 31.2. The summed E-state index contributed by atoms with van der Waals surface area (Å²) in [6.45, 7) is 9.31. The molecule has 7 nitrogen and oxygen atoms in total. The maximum Gasteiger partial charge on any atom is 0.349 e. The highest BCUT2D eigenvalue weighted by molar-refractivity contribution is 6.06. The lowest BCUT2D eigenvalue weighted by Crippen LogP contribution is -2.71. The fraction of sp³-hybridized carbons (Fsp3) is 0.308. The van der Waals surface area contributed by atoms with Crippen molar-refractivity contribution in [1.82, 2.24) is 19.7 Å². The van der Waals surface area contributed by atoms with Crippen molar-refractivity contribution in [3.63, 3.8) is 0 Å². The molecular weight excluding hydrogens is 568 g/mol. The Bertz CT molecular complexity index is 2340. The van der Waals surface area contributed by atoms with Gasteiger partial charge in [-0.1, -0.05) is 39.0 Å². The molecule has 0 spiro atoms. The Kier molecular flexibility index (Phi) is 5.83. The topological polar surface area (TPSA) is 64.5 Å². The minimum absolute atomic E-state index is 0.0746. The van der Waals surface area contributed by atoms with Crippen molar-refractivity contribution in [3.8, 4) is 22.6 Å². The van der Waals surface area contributed by atoms with Gasteiger partial charge in [-0.3, -0.25) is 0 Å². The highest BCUT2D eigenvalue weighted by Gasteiger charge is 2.60. The molecule has 3 unspecified atom stereocenters. The summed E-state index contributed by atoms with van der Waals surface area (Å²) in [6.07, 6.45) is 10.7. The number of benzene rings is 2. The summed E-state index contributed by atoms with van der Waals surface area (Å²) in [6, 6.07) is 26.3. The van der Waals surface area contributed by atoms with Gasteiger partial charge >= 0.3 is 5.65 Å². The second kappa shape index (κ2) is 9.79. The molecule has 228 valence electrons. The maximum atomic E-state index is 6.44. The molecule has 7 aromatic rings. The third-order valence-electron chi connectivity index (χ3n) is 11.4. The van der Waals surface area contributed by atoms with E-state index in [1.165, 1.54) is 28.2 Å². The molecule has 0 bridgehead atoms. The first-order chi connectivity index (χ1) is 22.5. The molecule has 0 radical (unpaired) electrons. The number of hydrogen-bond acceptors (Lipinski definition) is 4. The van der Waals surface area contributed by atoms with Gasteiger partial charge in [0.1, 0.15) is 34.1 Å². The molecule has 0 saturated carbocycles. The smallest absolute Gasteiger partial charge is 0.349 e. The Balaban J connectivity index is 1.24. The Labute approximate surface area is 268 Å². The number of para-hydroxylation sites is 1. The minimum atomic E-state index is -0.223. The molecule has 5 aromatic heterocycles. The van der Waals surface area contributed by atoms with Crippen molar-refractivity contribution < 1.29 is 13.6 Å². The van der Waals surface area contributed by atoms with E-state index in [1.54, 1.807) is 6.20 Å². The Morgan fingerprint density at radius 2 is 1.70 bits per heavy atom. The summed E-state index contributed by atoms with van der Waals surface area (Å²) in [4.78, 5) is 9.61. The maximum absolute atomic E-state index is 6.44. The summed E-state index contributed by atoms with van der Waals surface area (Å²) < 4.78 is 13.8. The Morgan fingerprint density at radius 1 is 0.848 bits per heavy atom. The Morgan fingerprint density at radius 3 is 2.54 bits per heavy atom. The molecular formula is C39H38N6O+2. The van der Waals surface area contributed by atoms with Crippen LogP contribution in [-0.2, 0) is 17.5 Å². The normalized spacial score (nSPS) is 21.4. The average Bonchev–Trinajstić information content (AvgIpc) is 3.80. The van der Waals surface area contributed by atoms with Gasteiger partial charge in [-0.25, -0.2) is 14.2 Å². The number of fused-ring (bicyclic) bond motifs is 11. The van der Waals surface area contributed by atoms with E-state index in [2.05, 4.69) is 114 Å². The summed E-state index contributed by atoms with van der Waals surface area (Å²) in [5, 5.41) is 7.55. The number of nitrogens with zero attached hydrogens (tertiary/aromatic N) is 6. The van der Waals surface area contributed by atoms with Crippen molar-refractivity contribution in [3.05, 3.63) is 103 Å². The van der Waals surface area contributed by atoms with Gasteiger partial charge in [0.15, 0.2) is 23.4 Å². The number of hydrogen-bond donors (Lipinski definition) is 0. The molecule has 0 saturated heterocycles. The van der Waals surface area contributed by atoms with Gasteiger partial charge in [0, 0.05) is 46.9 Å². The van der Waals surface area contributed by atoms with Crippen molar-refractivity contribution >= 4 is 33.1 Å². The fourth-order valence-corrected chi connectivity index (χ4v) is 8.86. The number of pyridine rings is 2. The van der Waals surface area contributed by atoms with E-state index in [-0.39, 0.29) is 17.1 Å².